The lowest BCUT2D eigenvalue weighted by atomic mass is 9.96. The highest BCUT2D eigenvalue weighted by atomic mass is 32.1. The highest BCUT2D eigenvalue weighted by Gasteiger charge is 2.20. The van der Waals surface area contributed by atoms with Crippen LogP contribution in [0.2, 0.25) is 0 Å². The van der Waals surface area contributed by atoms with Crippen molar-refractivity contribution >= 4 is 23.0 Å². The zero-order chi connectivity index (χ0) is 13.4. The minimum absolute atomic E-state index is 0.00586. The molecule has 1 amide bonds. The van der Waals surface area contributed by atoms with E-state index in [1.165, 1.54) is 11.3 Å². The molecule has 4 heteroatoms. The second kappa shape index (κ2) is 4.63. The molecule has 19 heavy (non-hydrogen) atoms. The summed E-state index contributed by atoms with van der Waals surface area (Å²) in [6.07, 6.45) is 0.827. The Morgan fingerprint density at radius 1 is 1.32 bits per heavy atom. The summed E-state index contributed by atoms with van der Waals surface area (Å²) < 4.78 is 0. The van der Waals surface area contributed by atoms with Crippen LogP contribution in [-0.2, 0) is 6.42 Å². The number of fused-ring (bicyclic) bond motifs is 1. The van der Waals surface area contributed by atoms with Crippen LogP contribution in [0.15, 0.2) is 29.6 Å². The first-order valence-corrected chi connectivity index (χ1v) is 7.04. The van der Waals surface area contributed by atoms with Crippen molar-refractivity contribution in [1.29, 1.82) is 0 Å². The predicted octanol–water partition coefficient (Wildman–Crippen LogP) is 2.57. The van der Waals surface area contributed by atoms with Gasteiger partial charge in [0.15, 0.2) is 0 Å². The van der Waals surface area contributed by atoms with Crippen LogP contribution in [0.3, 0.4) is 0 Å². The third kappa shape index (κ3) is 2.08. The molecule has 0 saturated heterocycles. The SMILES string of the molecule is Cc1ccsc1C(=O)c1ccc2c(c1)C(=O)NCC2. The molecule has 1 aromatic carbocycles. The fraction of sp³-hybridized carbons (Fsp3) is 0.200. The van der Waals surface area contributed by atoms with Crippen LogP contribution in [-0.4, -0.2) is 18.2 Å². The highest BCUT2D eigenvalue weighted by molar-refractivity contribution is 7.12. The van der Waals surface area contributed by atoms with Gasteiger partial charge in [0.05, 0.1) is 4.88 Å². The number of ketones is 1. The second-order valence-electron chi connectivity index (χ2n) is 4.64. The molecule has 0 saturated carbocycles. The molecule has 3 nitrogen and oxygen atoms in total. The molecule has 1 aromatic heterocycles. The van der Waals surface area contributed by atoms with Gasteiger partial charge >= 0.3 is 0 Å². The molecule has 0 radical (unpaired) electrons. The third-order valence-electron chi connectivity index (χ3n) is 3.36. The van der Waals surface area contributed by atoms with Crippen molar-refractivity contribution in [1.82, 2.24) is 5.32 Å². The number of nitrogens with one attached hydrogen (secondary N) is 1. The van der Waals surface area contributed by atoms with E-state index in [2.05, 4.69) is 5.32 Å². The Bertz CT molecular complexity index is 673. The smallest absolute Gasteiger partial charge is 0.251 e. The Morgan fingerprint density at radius 3 is 2.89 bits per heavy atom. The number of carbonyl (C=O) groups excluding carboxylic acids is 2. The van der Waals surface area contributed by atoms with Crippen LogP contribution in [0.1, 0.15) is 36.7 Å². The molecule has 1 N–H and O–H groups in total. The van der Waals surface area contributed by atoms with Gasteiger partial charge in [0.1, 0.15) is 0 Å². The number of rotatable bonds is 2. The van der Waals surface area contributed by atoms with E-state index in [0.29, 0.717) is 17.7 Å². The molecule has 1 aliphatic heterocycles. The van der Waals surface area contributed by atoms with Gasteiger partial charge in [0, 0.05) is 17.7 Å². The lowest BCUT2D eigenvalue weighted by Crippen LogP contribution is -2.32. The fourth-order valence-electron chi connectivity index (χ4n) is 2.29. The first-order valence-electron chi connectivity index (χ1n) is 6.17. The van der Waals surface area contributed by atoms with Crippen LogP contribution in [0, 0.1) is 6.92 Å². The van der Waals surface area contributed by atoms with Gasteiger partial charge in [-0.05, 0) is 42.0 Å². The number of thiophene rings is 1. The van der Waals surface area contributed by atoms with Crippen molar-refractivity contribution in [2.75, 3.05) is 6.54 Å². The largest absolute Gasteiger partial charge is 0.352 e. The van der Waals surface area contributed by atoms with E-state index < -0.39 is 0 Å². The second-order valence-corrected chi connectivity index (χ2v) is 5.56. The Morgan fingerprint density at radius 2 is 2.16 bits per heavy atom. The van der Waals surface area contributed by atoms with E-state index in [-0.39, 0.29) is 11.7 Å². The number of aryl methyl sites for hydroxylation is 1. The highest BCUT2D eigenvalue weighted by Crippen LogP contribution is 2.22. The van der Waals surface area contributed by atoms with Gasteiger partial charge in [-0.15, -0.1) is 11.3 Å². The molecule has 0 spiro atoms. The van der Waals surface area contributed by atoms with Crippen LogP contribution < -0.4 is 5.32 Å². The molecule has 96 valence electrons. The van der Waals surface area contributed by atoms with Crippen LogP contribution in [0.4, 0.5) is 0 Å². The van der Waals surface area contributed by atoms with Crippen molar-refractivity contribution in [2.24, 2.45) is 0 Å². The number of carbonyl (C=O) groups is 2. The Balaban J connectivity index is 2.03. The maximum Gasteiger partial charge on any atom is 0.251 e. The minimum Gasteiger partial charge on any atom is -0.352 e. The van der Waals surface area contributed by atoms with Gasteiger partial charge in [0.2, 0.25) is 5.78 Å². The molecule has 0 unspecified atom stereocenters. The summed E-state index contributed by atoms with van der Waals surface area (Å²) in [6.45, 7) is 2.60. The van der Waals surface area contributed by atoms with Crippen molar-refractivity contribution in [3.05, 3.63) is 56.8 Å². The average molecular weight is 271 g/mol. The lowest BCUT2D eigenvalue weighted by molar-refractivity contribution is 0.0946. The van der Waals surface area contributed by atoms with Crippen molar-refractivity contribution in [3.8, 4) is 0 Å². The molecular weight excluding hydrogens is 258 g/mol. The molecule has 0 aliphatic carbocycles. The summed E-state index contributed by atoms with van der Waals surface area (Å²) in [5.41, 5.74) is 3.22. The van der Waals surface area contributed by atoms with Crippen LogP contribution >= 0.6 is 11.3 Å². The molecule has 0 fully saturated rings. The number of amides is 1. The van der Waals surface area contributed by atoms with Gasteiger partial charge in [0.25, 0.3) is 5.91 Å². The Hall–Kier alpha value is -1.94. The molecule has 0 bridgehead atoms. The standard InChI is InChI=1S/C15H13NO2S/c1-9-5-7-19-14(9)13(17)11-3-2-10-4-6-16-15(18)12(10)8-11/h2-3,5,7-8H,4,6H2,1H3,(H,16,18). The van der Waals surface area contributed by atoms with E-state index in [1.807, 2.05) is 30.5 Å². The number of hydrogen-bond donors (Lipinski definition) is 1. The summed E-state index contributed by atoms with van der Waals surface area (Å²) >= 11 is 1.44. The topological polar surface area (TPSA) is 46.2 Å². The molecule has 2 aromatic rings. The van der Waals surface area contributed by atoms with E-state index >= 15 is 0 Å². The van der Waals surface area contributed by atoms with Crippen LogP contribution in [0.25, 0.3) is 0 Å². The monoisotopic (exact) mass is 271 g/mol. The predicted molar refractivity (Wildman–Crippen MR) is 75.0 cm³/mol. The summed E-state index contributed by atoms with van der Waals surface area (Å²) in [6, 6.07) is 7.36. The first-order chi connectivity index (χ1) is 9.16. The maximum absolute atomic E-state index is 12.4. The van der Waals surface area contributed by atoms with Crippen molar-refractivity contribution < 1.29 is 9.59 Å². The maximum atomic E-state index is 12.4. The molecule has 2 heterocycles. The zero-order valence-corrected chi connectivity index (χ0v) is 11.3. The first kappa shape index (κ1) is 12.1. The lowest BCUT2D eigenvalue weighted by Gasteiger charge is -2.16. The molecule has 1 aliphatic rings. The Labute approximate surface area is 115 Å². The van der Waals surface area contributed by atoms with E-state index in [1.54, 1.807) is 6.07 Å². The summed E-state index contributed by atoms with van der Waals surface area (Å²) in [5.74, 6) is -0.0903. The number of benzene rings is 1. The van der Waals surface area contributed by atoms with Crippen molar-refractivity contribution in [3.63, 3.8) is 0 Å². The van der Waals surface area contributed by atoms with Crippen molar-refractivity contribution in [2.45, 2.75) is 13.3 Å². The third-order valence-corrected chi connectivity index (χ3v) is 4.38. The summed E-state index contributed by atoms with van der Waals surface area (Å²) in [7, 11) is 0. The quantitative estimate of drug-likeness (QED) is 0.853. The fourth-order valence-corrected chi connectivity index (χ4v) is 3.18. The van der Waals surface area contributed by atoms with E-state index in [9.17, 15) is 9.59 Å². The zero-order valence-electron chi connectivity index (χ0n) is 10.5. The normalized spacial score (nSPS) is 13.8. The van der Waals surface area contributed by atoms with Crippen LogP contribution in [0.5, 0.6) is 0 Å². The van der Waals surface area contributed by atoms with Gasteiger partial charge in [-0.25, -0.2) is 0 Å². The molecular formula is C15H13NO2S. The summed E-state index contributed by atoms with van der Waals surface area (Å²) in [5, 5.41) is 4.71. The molecule has 3 rings (SSSR count). The van der Waals surface area contributed by atoms with Gasteiger partial charge in [-0.2, -0.15) is 0 Å². The van der Waals surface area contributed by atoms with Gasteiger partial charge in [-0.1, -0.05) is 12.1 Å². The summed E-state index contributed by atoms with van der Waals surface area (Å²) in [4.78, 5) is 24.9. The Kier molecular flexibility index (Phi) is 2.95. The van der Waals surface area contributed by atoms with Gasteiger partial charge < -0.3 is 5.32 Å². The van der Waals surface area contributed by atoms with E-state index in [4.69, 9.17) is 0 Å². The van der Waals surface area contributed by atoms with E-state index in [0.717, 1.165) is 22.4 Å². The average Bonchev–Trinajstić information content (AvgIpc) is 2.84. The van der Waals surface area contributed by atoms with Gasteiger partial charge in [-0.3, -0.25) is 9.59 Å². The number of hydrogen-bond acceptors (Lipinski definition) is 3. The minimum atomic E-state index is -0.0844. The molecule has 0 atom stereocenters.